The van der Waals surface area contributed by atoms with Crippen LogP contribution in [0.1, 0.15) is 103 Å². The number of aryl methyl sites for hydroxylation is 9. The Hall–Kier alpha value is -8.03. The lowest BCUT2D eigenvalue weighted by molar-refractivity contribution is 0.463. The molecule has 0 aliphatic carbocycles. The highest BCUT2D eigenvalue weighted by Gasteiger charge is 2.50. The van der Waals surface area contributed by atoms with E-state index >= 15 is 0 Å². The lowest BCUT2D eigenvalue weighted by atomic mass is 9.29. The zero-order chi connectivity index (χ0) is 55.5. The average Bonchev–Trinajstić information content (AvgIpc) is 3.43. The topological polar surface area (TPSA) is 43.4 Å². The van der Waals surface area contributed by atoms with Crippen LogP contribution in [0.25, 0.3) is 0 Å². The maximum atomic E-state index is 7.58. The molecule has 0 aromatic heterocycles. The summed E-state index contributed by atoms with van der Waals surface area (Å²) in [4.78, 5) is 5.06. The second kappa shape index (κ2) is 16.5. The van der Waals surface area contributed by atoms with E-state index < -0.39 is 0 Å². The van der Waals surface area contributed by atoms with E-state index in [0.29, 0.717) is 0 Å². The van der Waals surface area contributed by atoms with Crippen LogP contribution in [-0.4, -0.2) is 20.1 Å². The molecule has 6 heterocycles. The van der Waals surface area contributed by atoms with Crippen molar-refractivity contribution in [1.29, 1.82) is 0 Å². The van der Waals surface area contributed by atoms with Gasteiger partial charge in [0, 0.05) is 40.3 Å². The van der Waals surface area contributed by atoms with Gasteiger partial charge in [0.25, 0.3) is 20.1 Å². The van der Waals surface area contributed by atoms with Crippen molar-refractivity contribution in [3.63, 3.8) is 0 Å². The van der Waals surface area contributed by atoms with Gasteiger partial charge in [-0.1, -0.05) is 113 Å². The molecular weight excluding hydrogens is 977 g/mol. The summed E-state index contributed by atoms with van der Waals surface area (Å²) in [5.74, 6) is 7.01. The van der Waals surface area contributed by atoms with Crippen molar-refractivity contribution in [2.45, 2.75) is 115 Å². The van der Waals surface area contributed by atoms with Gasteiger partial charge in [0.2, 0.25) is 0 Å². The Morgan fingerprint density at radius 1 is 0.287 bits per heavy atom. The zero-order valence-corrected chi connectivity index (χ0v) is 48.8. The van der Waals surface area contributed by atoms with Crippen LogP contribution >= 0.6 is 0 Å². The van der Waals surface area contributed by atoms with Gasteiger partial charge >= 0.3 is 0 Å². The minimum absolute atomic E-state index is 0.0749. The molecule has 0 unspecified atom stereocenters. The summed E-state index contributed by atoms with van der Waals surface area (Å²) in [5.41, 5.74) is 30.5. The van der Waals surface area contributed by atoms with Gasteiger partial charge in [-0.2, -0.15) is 0 Å². The quantitative estimate of drug-likeness (QED) is 0.161. The minimum Gasteiger partial charge on any atom is -0.458 e. The first kappa shape index (κ1) is 49.1. The van der Waals surface area contributed by atoms with Crippen LogP contribution in [0.4, 0.5) is 34.1 Å². The van der Waals surface area contributed by atoms with Gasteiger partial charge in [0.1, 0.15) is 46.0 Å². The molecule has 0 saturated heterocycles. The van der Waals surface area contributed by atoms with Crippen LogP contribution in [0.15, 0.2) is 121 Å². The molecular formula is C71H65B3N2O4. The number of nitrogens with zero attached hydrogens (tertiary/aromatic N) is 2. The van der Waals surface area contributed by atoms with Crippen LogP contribution < -0.4 is 77.9 Å². The number of fused-ring (bicyclic) bond motifs is 12. The third-order valence-electron chi connectivity index (χ3n) is 18.1. The molecule has 6 aliphatic heterocycles. The van der Waals surface area contributed by atoms with Gasteiger partial charge in [-0.15, -0.1) is 0 Å². The number of hydrogen-bond acceptors (Lipinski definition) is 6. The Morgan fingerprint density at radius 3 is 0.975 bits per heavy atom. The normalized spacial score (nSPS) is 14.5. The summed E-state index contributed by atoms with van der Waals surface area (Å²) in [6.45, 7) is 33.3. The lowest BCUT2D eigenvalue weighted by Crippen LogP contribution is -2.65. The fraction of sp³-hybridized carbons (Fsp3) is 0.239. The highest BCUT2D eigenvalue weighted by molar-refractivity contribution is 7.03. The van der Waals surface area contributed by atoms with Gasteiger partial charge in [0.15, 0.2) is 0 Å². The fourth-order valence-corrected chi connectivity index (χ4v) is 14.8. The molecule has 9 aromatic rings. The van der Waals surface area contributed by atoms with Crippen LogP contribution in [-0.2, 0) is 10.8 Å². The molecule has 0 amide bonds. The average molecular weight is 1040 g/mol. The summed E-state index contributed by atoms with van der Waals surface area (Å²) < 4.78 is 28.9. The molecule has 0 spiro atoms. The first-order chi connectivity index (χ1) is 38.1. The molecule has 0 fully saturated rings. The van der Waals surface area contributed by atoms with Crippen molar-refractivity contribution in [1.82, 2.24) is 0 Å². The molecule has 6 nitrogen and oxygen atoms in total. The summed E-state index contributed by atoms with van der Waals surface area (Å²) in [6, 6.07) is 46.5. The lowest BCUT2D eigenvalue weighted by Gasteiger charge is -2.44. The number of ether oxygens (including phenoxy) is 4. The Kier molecular flexibility index (Phi) is 10.1. The van der Waals surface area contributed by atoms with E-state index in [1.807, 2.05) is 0 Å². The Labute approximate surface area is 472 Å². The third kappa shape index (κ3) is 7.01. The third-order valence-corrected chi connectivity index (χ3v) is 18.1. The van der Waals surface area contributed by atoms with E-state index in [2.05, 4.69) is 235 Å². The molecule has 0 saturated carbocycles. The molecule has 9 heteroatoms. The second-order valence-corrected chi connectivity index (χ2v) is 26.3. The fourth-order valence-electron chi connectivity index (χ4n) is 14.8. The minimum atomic E-state index is -0.216. The van der Waals surface area contributed by atoms with Gasteiger partial charge in [-0.25, -0.2) is 0 Å². The first-order valence-corrected chi connectivity index (χ1v) is 28.6. The van der Waals surface area contributed by atoms with Crippen molar-refractivity contribution in [3.05, 3.63) is 183 Å². The molecule has 15 rings (SSSR count). The van der Waals surface area contributed by atoms with E-state index in [1.165, 1.54) is 83.2 Å². The summed E-state index contributed by atoms with van der Waals surface area (Å²) in [7, 11) is 0. The molecule has 0 atom stereocenters. The van der Waals surface area contributed by atoms with Crippen LogP contribution in [0.3, 0.4) is 0 Å². The highest BCUT2D eigenvalue weighted by atomic mass is 16.5. The molecule has 0 N–H and O–H groups in total. The van der Waals surface area contributed by atoms with Gasteiger partial charge in [-0.3, -0.25) is 0 Å². The monoisotopic (exact) mass is 1040 g/mol. The largest absolute Gasteiger partial charge is 0.458 e. The van der Waals surface area contributed by atoms with Gasteiger partial charge < -0.3 is 28.7 Å². The van der Waals surface area contributed by atoms with E-state index in [4.69, 9.17) is 18.9 Å². The molecule has 6 aliphatic rings. The predicted molar refractivity (Wildman–Crippen MR) is 336 cm³/mol. The van der Waals surface area contributed by atoms with E-state index in [1.54, 1.807) is 0 Å². The Morgan fingerprint density at radius 2 is 0.600 bits per heavy atom. The molecule has 0 radical (unpaired) electrons. The number of benzene rings is 9. The number of rotatable bonds is 2. The Bertz CT molecular complexity index is 4270. The first-order valence-electron chi connectivity index (χ1n) is 28.6. The van der Waals surface area contributed by atoms with Crippen molar-refractivity contribution >= 4 is 103 Å². The molecule has 80 heavy (non-hydrogen) atoms. The smallest absolute Gasteiger partial charge is 0.260 e. The van der Waals surface area contributed by atoms with Crippen LogP contribution in [0, 0.1) is 62.3 Å². The highest BCUT2D eigenvalue weighted by Crippen LogP contribution is 2.49. The maximum Gasteiger partial charge on any atom is 0.260 e. The number of hydrogen-bond donors (Lipinski definition) is 0. The summed E-state index contributed by atoms with van der Waals surface area (Å²) >= 11 is 0. The standard InChI is InChI=1S/C71H65B3N2O4/c1-36-20-41(6)68(42(7)21-36)75-53-34-59-51(32-47(53)72-49-30-45(70(10,11)12)16-18-57(49)77-61-26-38(3)24-55(75)65(61)72)73-48-33-52-60(80-64-29-40(5)28-63-67(64)74(52)50-31-46(71(13,14)15)17-19-58(50)78-63)35-54(48)76(69-43(8)22-37(2)23-44(69)9)56-25-39(4)27-62(79-59)66(56)73/h16-35H,1-15H3. The maximum absolute atomic E-state index is 7.58. The summed E-state index contributed by atoms with van der Waals surface area (Å²) in [5, 5.41) is 0. The SMILES string of the molecule is Cc1cc(C)c(N2c3cc4c(cc3B3c5cc6c(cc5Oc5cc(C)cc2c53)N(c2c(C)cc(C)cc2C)c2cc(C)cc3c2B6c2cc(C(C)(C)C)ccc2O3)B2c3cc(C(C)(C)C)ccc3Oc3cc(C)cc(c32)O4)c(C)c1. The Balaban J connectivity index is 1.05. The number of anilines is 6. The summed E-state index contributed by atoms with van der Waals surface area (Å²) in [6.07, 6.45) is 0. The van der Waals surface area contributed by atoms with Crippen molar-refractivity contribution in [2.75, 3.05) is 9.80 Å². The van der Waals surface area contributed by atoms with Crippen molar-refractivity contribution < 1.29 is 18.9 Å². The molecule has 0 bridgehead atoms. The van der Waals surface area contributed by atoms with Gasteiger partial charge in [-0.05, 0) is 215 Å². The van der Waals surface area contributed by atoms with Crippen molar-refractivity contribution in [3.8, 4) is 46.0 Å². The van der Waals surface area contributed by atoms with E-state index in [9.17, 15) is 0 Å². The van der Waals surface area contributed by atoms with Crippen LogP contribution in [0.5, 0.6) is 46.0 Å². The van der Waals surface area contributed by atoms with E-state index in [-0.39, 0.29) is 31.0 Å². The molecule has 9 aromatic carbocycles. The zero-order valence-electron chi connectivity index (χ0n) is 48.8. The second-order valence-electron chi connectivity index (χ2n) is 26.3. The van der Waals surface area contributed by atoms with Gasteiger partial charge in [0.05, 0.1) is 11.4 Å². The predicted octanol–water partition coefficient (Wildman–Crippen LogP) is 12.6. The molecule has 392 valence electrons. The van der Waals surface area contributed by atoms with Crippen LogP contribution in [0.2, 0.25) is 0 Å². The van der Waals surface area contributed by atoms with E-state index in [0.717, 1.165) is 107 Å². The van der Waals surface area contributed by atoms with Crippen molar-refractivity contribution in [2.24, 2.45) is 0 Å².